The van der Waals surface area contributed by atoms with E-state index in [1.165, 1.54) is 5.57 Å². The molecule has 0 aromatic heterocycles. The molecule has 0 unspecified atom stereocenters. The molecule has 0 aliphatic rings. The SMILES string of the molecule is CC(C)(C)C(=C=[C]=[Mn])C(C)(C)C. The maximum absolute atomic E-state index is 3.15. The van der Waals surface area contributed by atoms with Gasteiger partial charge < -0.3 is 0 Å². The summed E-state index contributed by atoms with van der Waals surface area (Å²) in [5.41, 5.74) is 4.76. The van der Waals surface area contributed by atoms with Crippen molar-refractivity contribution in [3.05, 3.63) is 11.3 Å². The average molecular weight is 205 g/mol. The van der Waals surface area contributed by atoms with Crippen molar-refractivity contribution >= 4 is 4.58 Å². The fraction of sp³-hybridized carbons (Fsp3) is 0.727. The molecule has 0 aromatic carbocycles. The fourth-order valence-corrected chi connectivity index (χ4v) is 1.69. The molecule has 0 N–H and O–H groups in total. The van der Waals surface area contributed by atoms with Gasteiger partial charge in [-0.2, -0.15) is 0 Å². The molecule has 0 saturated carbocycles. The quantitative estimate of drug-likeness (QED) is 0.421. The molecular formula is C11H18Mn. The minimum atomic E-state index is 0.166. The molecule has 0 fully saturated rings. The fourth-order valence-electron chi connectivity index (χ4n) is 1.55. The van der Waals surface area contributed by atoms with Crippen molar-refractivity contribution < 1.29 is 15.6 Å². The van der Waals surface area contributed by atoms with E-state index in [1.54, 1.807) is 0 Å². The Morgan fingerprint density at radius 3 is 1.33 bits per heavy atom. The molecule has 69 valence electrons. The molecule has 12 heavy (non-hydrogen) atoms. The Morgan fingerprint density at radius 2 is 1.25 bits per heavy atom. The zero-order valence-electron chi connectivity index (χ0n) is 8.88. The summed E-state index contributed by atoms with van der Waals surface area (Å²) in [6, 6.07) is 0. The van der Waals surface area contributed by atoms with E-state index in [-0.39, 0.29) is 10.8 Å². The van der Waals surface area contributed by atoms with Crippen LogP contribution in [0.5, 0.6) is 0 Å². The van der Waals surface area contributed by atoms with Crippen molar-refractivity contribution in [3.63, 3.8) is 0 Å². The minimum absolute atomic E-state index is 0.166. The molecule has 0 bridgehead atoms. The van der Waals surface area contributed by atoms with Crippen molar-refractivity contribution in [2.45, 2.75) is 41.5 Å². The van der Waals surface area contributed by atoms with E-state index in [2.05, 4.69) is 67.4 Å². The molecule has 0 atom stereocenters. The zero-order chi connectivity index (χ0) is 9.99. The van der Waals surface area contributed by atoms with Crippen LogP contribution in [0.25, 0.3) is 0 Å². The Morgan fingerprint density at radius 1 is 0.917 bits per heavy atom. The van der Waals surface area contributed by atoms with Crippen LogP contribution in [0, 0.1) is 10.8 Å². The average Bonchev–Trinajstić information content (AvgIpc) is 1.77. The second kappa shape index (κ2) is 3.77. The first kappa shape index (κ1) is 11.9. The first-order chi connectivity index (χ1) is 5.19. The number of hydrogen-bond donors (Lipinski definition) is 0. The summed E-state index contributed by atoms with van der Waals surface area (Å²) in [5.74, 6) is 0. The van der Waals surface area contributed by atoms with Crippen molar-refractivity contribution in [2.24, 2.45) is 10.8 Å². The van der Waals surface area contributed by atoms with Gasteiger partial charge in [-0.3, -0.25) is 0 Å². The van der Waals surface area contributed by atoms with Gasteiger partial charge in [-0.05, 0) is 0 Å². The Bertz CT molecular complexity index is 219. The van der Waals surface area contributed by atoms with Crippen LogP contribution in [-0.4, -0.2) is 4.58 Å². The summed E-state index contributed by atoms with van der Waals surface area (Å²) in [6.07, 6.45) is 0. The zero-order valence-corrected chi connectivity index (χ0v) is 10.1. The predicted octanol–water partition coefficient (Wildman–Crippen LogP) is 3.11. The van der Waals surface area contributed by atoms with Crippen LogP contribution in [0.2, 0.25) is 0 Å². The Labute approximate surface area is 84.1 Å². The number of allylic oxidation sites excluding steroid dienone is 1. The van der Waals surface area contributed by atoms with Gasteiger partial charge in [0, 0.05) is 0 Å². The Kier molecular flexibility index (Phi) is 3.76. The van der Waals surface area contributed by atoms with Crippen LogP contribution in [0.15, 0.2) is 11.3 Å². The summed E-state index contributed by atoms with van der Waals surface area (Å²) in [4.78, 5) is 0. The Hall–Kier alpha value is -0.0505. The summed E-state index contributed by atoms with van der Waals surface area (Å²) in [6.45, 7) is 13.2. The summed E-state index contributed by atoms with van der Waals surface area (Å²) in [5, 5.41) is 0. The van der Waals surface area contributed by atoms with Gasteiger partial charge in [0.25, 0.3) is 0 Å². The van der Waals surface area contributed by atoms with E-state index in [1.807, 2.05) is 0 Å². The van der Waals surface area contributed by atoms with E-state index in [4.69, 9.17) is 0 Å². The third-order valence-electron chi connectivity index (χ3n) is 1.67. The van der Waals surface area contributed by atoms with Gasteiger partial charge in [0.1, 0.15) is 0 Å². The normalized spacial score (nSPS) is 11.8. The maximum atomic E-state index is 3.15. The van der Waals surface area contributed by atoms with Crippen LogP contribution >= 0.6 is 0 Å². The first-order valence-corrected chi connectivity index (χ1v) is 4.78. The number of rotatable bonds is 0. The van der Waals surface area contributed by atoms with E-state index in [9.17, 15) is 0 Å². The molecule has 0 aliphatic heterocycles. The summed E-state index contributed by atoms with van der Waals surface area (Å²) < 4.78 is 2.81. The molecule has 0 amide bonds. The van der Waals surface area contributed by atoms with E-state index >= 15 is 0 Å². The van der Waals surface area contributed by atoms with Gasteiger partial charge in [0.15, 0.2) is 0 Å². The summed E-state index contributed by atoms with van der Waals surface area (Å²) in [7, 11) is 0. The van der Waals surface area contributed by atoms with Crippen molar-refractivity contribution in [2.75, 3.05) is 0 Å². The molecule has 0 aliphatic carbocycles. The molecule has 0 radical (unpaired) electrons. The third-order valence-corrected chi connectivity index (χ3v) is 1.82. The predicted molar refractivity (Wildman–Crippen MR) is 50.9 cm³/mol. The van der Waals surface area contributed by atoms with Crippen LogP contribution < -0.4 is 0 Å². The second-order valence-corrected chi connectivity index (χ2v) is 5.39. The molecular weight excluding hydrogens is 187 g/mol. The molecule has 0 rings (SSSR count). The third kappa shape index (κ3) is 3.57. The van der Waals surface area contributed by atoms with Gasteiger partial charge >= 0.3 is 83.8 Å². The van der Waals surface area contributed by atoms with Crippen LogP contribution in [0.1, 0.15) is 41.5 Å². The van der Waals surface area contributed by atoms with Crippen molar-refractivity contribution in [1.82, 2.24) is 0 Å². The van der Waals surface area contributed by atoms with Crippen LogP contribution in [-0.2, 0) is 15.6 Å². The van der Waals surface area contributed by atoms with Crippen molar-refractivity contribution in [3.8, 4) is 0 Å². The second-order valence-electron chi connectivity index (χ2n) is 5.09. The van der Waals surface area contributed by atoms with E-state index < -0.39 is 0 Å². The first-order valence-electron chi connectivity index (χ1n) is 4.19. The van der Waals surface area contributed by atoms with E-state index in [0.29, 0.717) is 0 Å². The molecule has 0 heterocycles. The molecule has 0 saturated heterocycles. The van der Waals surface area contributed by atoms with Gasteiger partial charge in [0.2, 0.25) is 0 Å². The Balaban J connectivity index is 5.27. The topological polar surface area (TPSA) is 0 Å². The molecule has 0 aromatic rings. The monoisotopic (exact) mass is 205 g/mol. The number of hydrogen-bond acceptors (Lipinski definition) is 0. The van der Waals surface area contributed by atoms with E-state index in [0.717, 1.165) is 0 Å². The molecule has 1 heteroatoms. The van der Waals surface area contributed by atoms with Gasteiger partial charge in [-0.25, -0.2) is 0 Å². The van der Waals surface area contributed by atoms with Crippen LogP contribution in [0.4, 0.5) is 0 Å². The standard InChI is InChI=1S/C11H18.Mn/c1-8-9(10(2,3)4)11(5,6)7;/h2-7H3;. The molecule has 0 spiro atoms. The van der Waals surface area contributed by atoms with Gasteiger partial charge in [-0.1, -0.05) is 0 Å². The molecule has 0 nitrogen and oxygen atoms in total. The summed E-state index contributed by atoms with van der Waals surface area (Å²) >= 11 is 3.15. The van der Waals surface area contributed by atoms with Gasteiger partial charge in [0.05, 0.1) is 0 Å². The van der Waals surface area contributed by atoms with Crippen LogP contribution in [0.3, 0.4) is 0 Å². The van der Waals surface area contributed by atoms with Crippen molar-refractivity contribution in [1.29, 1.82) is 0 Å². The van der Waals surface area contributed by atoms with Gasteiger partial charge in [-0.15, -0.1) is 0 Å².